The van der Waals surface area contributed by atoms with Gasteiger partial charge < -0.3 is 19.1 Å². The molecular formula is C25H34N4O6. The van der Waals surface area contributed by atoms with Gasteiger partial charge in [-0.05, 0) is 78.9 Å². The summed E-state index contributed by atoms with van der Waals surface area (Å²) in [6.45, 7) is 10.4. The second-order valence-electron chi connectivity index (χ2n) is 10.8. The standard InChI is InChI=1S/C25H34N4O6/c1-23(2,3)34-21(32)29(22(33)35-24(4,5)6)12-8-9-17-13-25(17,20(30)31)19-15-28(16-27-19)18-10-7-11-26-14-18/h7,10-11,14-17H,8-9,12-13H2,1-6H3,(H,30,31). The van der Waals surface area contributed by atoms with Gasteiger partial charge in [-0.25, -0.2) is 19.5 Å². The molecule has 1 fully saturated rings. The average molecular weight is 487 g/mol. The van der Waals surface area contributed by atoms with Crippen molar-refractivity contribution in [2.24, 2.45) is 5.92 Å². The summed E-state index contributed by atoms with van der Waals surface area (Å²) >= 11 is 0. The van der Waals surface area contributed by atoms with Gasteiger partial charge in [0.15, 0.2) is 0 Å². The molecule has 2 atom stereocenters. The quantitative estimate of drug-likeness (QED) is 0.604. The predicted molar refractivity (Wildman–Crippen MR) is 127 cm³/mol. The van der Waals surface area contributed by atoms with Gasteiger partial charge >= 0.3 is 18.2 Å². The number of imide groups is 1. The number of carboxylic acid groups (broad SMARTS) is 1. The van der Waals surface area contributed by atoms with E-state index in [1.807, 2.05) is 6.07 Å². The highest BCUT2D eigenvalue weighted by Gasteiger charge is 2.62. The highest BCUT2D eigenvalue weighted by Crippen LogP contribution is 2.56. The van der Waals surface area contributed by atoms with E-state index in [0.717, 1.165) is 10.6 Å². The molecule has 2 heterocycles. The minimum Gasteiger partial charge on any atom is -0.481 e. The Morgan fingerprint density at radius 1 is 1.14 bits per heavy atom. The summed E-state index contributed by atoms with van der Waals surface area (Å²) in [5, 5.41) is 10.0. The van der Waals surface area contributed by atoms with Crippen LogP contribution in [0.5, 0.6) is 0 Å². The predicted octanol–water partition coefficient (Wildman–Crippen LogP) is 4.56. The summed E-state index contributed by atoms with van der Waals surface area (Å²) < 4.78 is 12.5. The lowest BCUT2D eigenvalue weighted by Gasteiger charge is -2.28. The Morgan fingerprint density at radius 3 is 2.29 bits per heavy atom. The van der Waals surface area contributed by atoms with Crippen molar-refractivity contribution in [2.45, 2.75) is 77.4 Å². The van der Waals surface area contributed by atoms with Crippen LogP contribution in [0, 0.1) is 5.92 Å². The number of carbonyl (C=O) groups excluding carboxylic acids is 2. The maximum atomic E-state index is 12.7. The molecule has 190 valence electrons. The third kappa shape index (κ3) is 6.37. The van der Waals surface area contributed by atoms with E-state index in [0.29, 0.717) is 25.0 Å². The van der Waals surface area contributed by atoms with E-state index in [2.05, 4.69) is 9.97 Å². The number of nitrogens with zero attached hydrogens (tertiary/aromatic N) is 4. The highest BCUT2D eigenvalue weighted by molar-refractivity contribution is 5.88. The summed E-state index contributed by atoms with van der Waals surface area (Å²) in [4.78, 5) is 47.0. The van der Waals surface area contributed by atoms with Crippen LogP contribution < -0.4 is 0 Å². The monoisotopic (exact) mass is 486 g/mol. The highest BCUT2D eigenvalue weighted by atomic mass is 16.6. The molecule has 0 aromatic carbocycles. The second kappa shape index (κ2) is 9.67. The first kappa shape index (κ1) is 26.2. The van der Waals surface area contributed by atoms with Gasteiger partial charge in [-0.1, -0.05) is 0 Å². The van der Waals surface area contributed by atoms with E-state index >= 15 is 0 Å². The van der Waals surface area contributed by atoms with Crippen LogP contribution in [0.1, 0.15) is 66.5 Å². The summed E-state index contributed by atoms with van der Waals surface area (Å²) in [6, 6.07) is 3.65. The number of carbonyl (C=O) groups is 3. The Balaban J connectivity index is 1.68. The first-order chi connectivity index (χ1) is 16.2. The number of pyridine rings is 1. The first-order valence-electron chi connectivity index (χ1n) is 11.6. The number of aliphatic carboxylic acids is 1. The smallest absolute Gasteiger partial charge is 0.419 e. The molecule has 1 N–H and O–H groups in total. The molecule has 2 aromatic heterocycles. The van der Waals surface area contributed by atoms with Crippen molar-refractivity contribution in [3.63, 3.8) is 0 Å². The average Bonchev–Trinajstić information content (AvgIpc) is 3.25. The Kier molecular flexibility index (Phi) is 7.23. The van der Waals surface area contributed by atoms with Gasteiger partial charge in [-0.15, -0.1) is 0 Å². The molecule has 1 aliphatic rings. The van der Waals surface area contributed by atoms with Crippen LogP contribution in [-0.4, -0.2) is 60.4 Å². The summed E-state index contributed by atoms with van der Waals surface area (Å²) in [5.41, 5.74) is -1.38. The minimum absolute atomic E-state index is 0.0557. The molecular weight excluding hydrogens is 452 g/mol. The van der Waals surface area contributed by atoms with Crippen molar-refractivity contribution < 1.29 is 29.0 Å². The largest absolute Gasteiger partial charge is 0.481 e. The van der Waals surface area contributed by atoms with E-state index in [1.165, 1.54) is 0 Å². The van der Waals surface area contributed by atoms with Crippen LogP contribution in [0.15, 0.2) is 37.1 Å². The normalized spacial score (nSPS) is 19.7. The lowest BCUT2D eigenvalue weighted by molar-refractivity contribution is -0.140. The van der Waals surface area contributed by atoms with Gasteiger partial charge in [0.1, 0.15) is 16.6 Å². The van der Waals surface area contributed by atoms with Gasteiger partial charge in [0.25, 0.3) is 0 Å². The molecule has 10 heteroatoms. The second-order valence-corrected chi connectivity index (χ2v) is 10.8. The van der Waals surface area contributed by atoms with Crippen molar-refractivity contribution in [3.05, 3.63) is 42.7 Å². The van der Waals surface area contributed by atoms with E-state index in [9.17, 15) is 19.5 Å². The van der Waals surface area contributed by atoms with Gasteiger partial charge in [-0.3, -0.25) is 9.78 Å². The zero-order valence-electron chi connectivity index (χ0n) is 21.1. The Hall–Kier alpha value is -3.43. The summed E-state index contributed by atoms with van der Waals surface area (Å²) in [5.74, 6) is -1.11. The molecule has 0 radical (unpaired) electrons. The molecule has 2 aromatic rings. The molecule has 3 rings (SSSR count). The van der Waals surface area contributed by atoms with Crippen LogP contribution in [0.2, 0.25) is 0 Å². The van der Waals surface area contributed by atoms with Gasteiger partial charge in [-0.2, -0.15) is 0 Å². The minimum atomic E-state index is -1.09. The number of imidazole rings is 1. The lowest BCUT2D eigenvalue weighted by Crippen LogP contribution is -2.44. The lowest BCUT2D eigenvalue weighted by atomic mass is 9.97. The van der Waals surface area contributed by atoms with Crippen LogP contribution >= 0.6 is 0 Å². The molecule has 2 amide bonds. The molecule has 10 nitrogen and oxygen atoms in total. The Bertz CT molecular complexity index is 1040. The maximum absolute atomic E-state index is 12.7. The van der Waals surface area contributed by atoms with Crippen molar-refractivity contribution in [2.75, 3.05) is 6.54 Å². The zero-order chi connectivity index (χ0) is 26.0. The van der Waals surface area contributed by atoms with E-state index < -0.39 is 34.8 Å². The Morgan fingerprint density at radius 2 is 1.77 bits per heavy atom. The number of hydrogen-bond donors (Lipinski definition) is 1. The van der Waals surface area contributed by atoms with Gasteiger partial charge in [0, 0.05) is 18.9 Å². The fraction of sp³-hybridized carbons (Fsp3) is 0.560. The number of hydrogen-bond acceptors (Lipinski definition) is 7. The van der Waals surface area contributed by atoms with Crippen LogP contribution in [0.25, 0.3) is 5.69 Å². The molecule has 1 saturated carbocycles. The number of rotatable bonds is 7. The summed E-state index contributed by atoms with van der Waals surface area (Å²) in [7, 11) is 0. The van der Waals surface area contributed by atoms with E-state index in [-0.39, 0.29) is 12.5 Å². The molecule has 0 spiro atoms. The molecule has 0 saturated heterocycles. The number of aromatic nitrogens is 3. The number of carboxylic acids is 1. The van der Waals surface area contributed by atoms with Crippen molar-refractivity contribution >= 4 is 18.2 Å². The molecule has 1 aliphatic carbocycles. The van der Waals surface area contributed by atoms with Crippen LogP contribution in [0.3, 0.4) is 0 Å². The topological polar surface area (TPSA) is 124 Å². The van der Waals surface area contributed by atoms with E-state index in [1.54, 1.807) is 77.1 Å². The van der Waals surface area contributed by atoms with Crippen LogP contribution in [-0.2, 0) is 19.7 Å². The third-order valence-corrected chi connectivity index (χ3v) is 5.63. The third-order valence-electron chi connectivity index (χ3n) is 5.63. The molecule has 2 unspecified atom stereocenters. The van der Waals surface area contributed by atoms with Gasteiger partial charge in [0.05, 0.1) is 23.9 Å². The maximum Gasteiger partial charge on any atom is 0.419 e. The SMILES string of the molecule is CC(C)(C)OC(=O)N(CCCC1CC1(C(=O)O)c1cn(-c2cccnc2)cn1)C(=O)OC(C)(C)C. The summed E-state index contributed by atoms with van der Waals surface area (Å²) in [6.07, 6.45) is 6.39. The number of ether oxygens (including phenoxy) is 2. The molecule has 35 heavy (non-hydrogen) atoms. The van der Waals surface area contributed by atoms with E-state index in [4.69, 9.17) is 9.47 Å². The van der Waals surface area contributed by atoms with Crippen molar-refractivity contribution in [1.82, 2.24) is 19.4 Å². The van der Waals surface area contributed by atoms with Crippen molar-refractivity contribution in [1.29, 1.82) is 0 Å². The number of amides is 2. The zero-order valence-corrected chi connectivity index (χ0v) is 21.1. The first-order valence-corrected chi connectivity index (χ1v) is 11.6. The van der Waals surface area contributed by atoms with Crippen LogP contribution in [0.4, 0.5) is 9.59 Å². The molecule has 0 aliphatic heterocycles. The van der Waals surface area contributed by atoms with Crippen molar-refractivity contribution in [3.8, 4) is 5.69 Å². The van der Waals surface area contributed by atoms with Gasteiger partial charge in [0.2, 0.25) is 0 Å². The fourth-order valence-corrected chi connectivity index (χ4v) is 3.95. The molecule has 0 bridgehead atoms. The fourth-order valence-electron chi connectivity index (χ4n) is 3.95. The Labute approximate surface area is 205 Å².